The van der Waals surface area contributed by atoms with Crippen molar-refractivity contribution in [3.8, 4) is 0 Å². The van der Waals surface area contributed by atoms with Gasteiger partial charge in [-0.2, -0.15) is 0 Å². The first-order chi connectivity index (χ1) is 16.6. The molecule has 0 aromatic rings. The van der Waals surface area contributed by atoms with Gasteiger partial charge in [0.2, 0.25) is 0 Å². The molecule has 0 aliphatic rings. The molecule has 0 aliphatic heterocycles. The van der Waals surface area contributed by atoms with E-state index in [0.29, 0.717) is 0 Å². The summed E-state index contributed by atoms with van der Waals surface area (Å²) in [4.78, 5) is 17.2. The lowest BCUT2D eigenvalue weighted by molar-refractivity contribution is 0.193. The predicted octanol–water partition coefficient (Wildman–Crippen LogP) is 9.20. The molecule has 0 spiro atoms. The molecule has 0 aromatic carbocycles. The van der Waals surface area contributed by atoms with Crippen LogP contribution in [-0.2, 0) is 9.09 Å². The van der Waals surface area contributed by atoms with Crippen LogP contribution in [0.5, 0.6) is 0 Å². The van der Waals surface area contributed by atoms with Crippen LogP contribution in [0.2, 0.25) is 0 Å². The molecule has 0 saturated heterocycles. The Labute approximate surface area is 212 Å². The number of phosphoric ester groups is 1. The Morgan fingerprint density at radius 3 is 0.824 bits per heavy atom. The van der Waals surface area contributed by atoms with E-state index in [1.807, 2.05) is 0 Å². The predicted molar refractivity (Wildman–Crippen MR) is 147 cm³/mol. The third-order valence-corrected chi connectivity index (χ3v) is 7.38. The molecule has 0 fully saturated rings. The molecule has 0 rings (SSSR count). The van der Waals surface area contributed by atoms with Gasteiger partial charge >= 0.3 is 7.82 Å². The van der Waals surface area contributed by atoms with Gasteiger partial charge in [-0.15, -0.1) is 0 Å². The third kappa shape index (κ3) is 32.1. The van der Waals surface area contributed by atoms with Crippen molar-refractivity contribution in [1.82, 2.24) is 0 Å². The van der Waals surface area contributed by atoms with Crippen molar-refractivity contribution in [3.63, 3.8) is 0 Å². The molecule has 0 unspecified atom stereocenters. The van der Waals surface area contributed by atoms with E-state index in [1.165, 1.54) is 148 Å². The molecule has 0 aromatic heterocycles. The number of phosphoric acid groups is 1. The maximum Gasteiger partial charge on any atom is 0.469 e. The topological polar surface area (TPSA) is 92.8 Å². The second kappa shape index (κ2) is 27.7. The van der Waals surface area contributed by atoms with E-state index in [4.69, 9.17) is 15.5 Å². The lowest BCUT2D eigenvalue weighted by Crippen LogP contribution is -1.97. The lowest BCUT2D eigenvalue weighted by Gasteiger charge is -2.05. The summed E-state index contributed by atoms with van der Waals surface area (Å²) in [5.41, 5.74) is 5.52. The van der Waals surface area contributed by atoms with E-state index in [9.17, 15) is 4.57 Å². The highest BCUT2D eigenvalue weighted by atomic mass is 31.2. The summed E-state index contributed by atoms with van der Waals surface area (Å²) in [6.45, 7) is 1.03. The van der Waals surface area contributed by atoms with Crippen LogP contribution in [0.4, 0.5) is 0 Å². The Hall–Kier alpha value is 0.0700. The monoisotopic (exact) mass is 505 g/mol. The number of hydrogen-bond acceptors (Lipinski definition) is 3. The van der Waals surface area contributed by atoms with Gasteiger partial charge in [0.1, 0.15) is 0 Å². The zero-order valence-corrected chi connectivity index (χ0v) is 23.4. The fourth-order valence-corrected chi connectivity index (χ4v) is 5.04. The molecule has 5 nitrogen and oxygen atoms in total. The second-order valence-corrected chi connectivity index (χ2v) is 11.5. The quantitative estimate of drug-likeness (QED) is 0.0696. The molecular weight excluding hydrogens is 445 g/mol. The van der Waals surface area contributed by atoms with Gasteiger partial charge in [-0.25, -0.2) is 4.57 Å². The van der Waals surface area contributed by atoms with Crippen molar-refractivity contribution in [3.05, 3.63) is 0 Å². The summed E-state index contributed by atoms with van der Waals surface area (Å²) in [6, 6.07) is 0. The summed E-state index contributed by atoms with van der Waals surface area (Å²) in [5, 5.41) is 0. The van der Waals surface area contributed by atoms with Crippen LogP contribution in [0.1, 0.15) is 167 Å². The Morgan fingerprint density at radius 2 is 0.618 bits per heavy atom. The molecule has 0 radical (unpaired) electrons. The van der Waals surface area contributed by atoms with Crippen molar-refractivity contribution in [1.29, 1.82) is 0 Å². The van der Waals surface area contributed by atoms with Crippen molar-refractivity contribution in [2.24, 2.45) is 5.73 Å². The molecule has 206 valence electrons. The van der Waals surface area contributed by atoms with E-state index in [1.54, 1.807) is 0 Å². The summed E-state index contributed by atoms with van der Waals surface area (Å²) in [5.74, 6) is 0. The molecule has 4 N–H and O–H groups in total. The highest BCUT2D eigenvalue weighted by molar-refractivity contribution is 7.46. The van der Waals surface area contributed by atoms with E-state index in [0.717, 1.165) is 25.8 Å². The summed E-state index contributed by atoms with van der Waals surface area (Å²) < 4.78 is 15.0. The fraction of sp³-hybridized carbons (Fsp3) is 1.00. The normalized spacial score (nSPS) is 12.0. The molecule has 0 saturated carbocycles. The van der Waals surface area contributed by atoms with Gasteiger partial charge in [0, 0.05) is 0 Å². The van der Waals surface area contributed by atoms with Gasteiger partial charge in [-0.05, 0) is 19.4 Å². The number of nitrogens with two attached hydrogens (primary N) is 1. The molecule has 0 bridgehead atoms. The minimum absolute atomic E-state index is 0.168. The first-order valence-electron chi connectivity index (χ1n) is 15.0. The maximum atomic E-state index is 10.5. The van der Waals surface area contributed by atoms with Crippen LogP contribution in [-0.4, -0.2) is 22.9 Å². The molecule has 0 atom stereocenters. The third-order valence-electron chi connectivity index (χ3n) is 6.86. The average molecular weight is 506 g/mol. The van der Waals surface area contributed by atoms with Crippen LogP contribution in [0.15, 0.2) is 0 Å². The molecule has 0 amide bonds. The number of rotatable bonds is 29. The number of unbranched alkanes of at least 4 members (excludes halogenated alkanes) is 25. The first kappa shape index (κ1) is 34.1. The van der Waals surface area contributed by atoms with Crippen LogP contribution in [0, 0.1) is 0 Å². The Bertz CT molecular complexity index is 431. The maximum absolute atomic E-state index is 10.5. The van der Waals surface area contributed by atoms with Crippen LogP contribution < -0.4 is 5.73 Å². The SMILES string of the molecule is NCCCCCCCCCCCCCCCCCCCCCCCCCCCCOP(=O)(O)O. The summed E-state index contributed by atoms with van der Waals surface area (Å²) in [7, 11) is -4.27. The summed E-state index contributed by atoms with van der Waals surface area (Å²) >= 11 is 0. The van der Waals surface area contributed by atoms with E-state index < -0.39 is 7.82 Å². The van der Waals surface area contributed by atoms with Crippen molar-refractivity contribution in [2.75, 3.05) is 13.2 Å². The van der Waals surface area contributed by atoms with Crippen LogP contribution >= 0.6 is 7.82 Å². The van der Waals surface area contributed by atoms with Gasteiger partial charge in [0.25, 0.3) is 0 Å². The Kier molecular flexibility index (Phi) is 27.7. The van der Waals surface area contributed by atoms with Crippen molar-refractivity contribution >= 4 is 7.82 Å². The summed E-state index contributed by atoms with van der Waals surface area (Å²) in [6.07, 6.45) is 34.8. The molecule has 0 aliphatic carbocycles. The van der Waals surface area contributed by atoms with E-state index in [-0.39, 0.29) is 6.61 Å². The van der Waals surface area contributed by atoms with Crippen LogP contribution in [0.25, 0.3) is 0 Å². The molecule has 34 heavy (non-hydrogen) atoms. The fourth-order valence-electron chi connectivity index (χ4n) is 4.67. The van der Waals surface area contributed by atoms with Gasteiger partial charge in [-0.3, -0.25) is 4.52 Å². The second-order valence-electron chi connectivity index (χ2n) is 10.3. The largest absolute Gasteiger partial charge is 0.469 e. The van der Waals surface area contributed by atoms with Crippen molar-refractivity contribution < 1.29 is 18.9 Å². The minimum Gasteiger partial charge on any atom is -0.330 e. The van der Waals surface area contributed by atoms with Crippen LogP contribution in [0.3, 0.4) is 0 Å². The van der Waals surface area contributed by atoms with Gasteiger partial charge in [0.15, 0.2) is 0 Å². The first-order valence-corrected chi connectivity index (χ1v) is 16.5. The average Bonchev–Trinajstić information content (AvgIpc) is 2.80. The smallest absolute Gasteiger partial charge is 0.330 e. The zero-order valence-electron chi connectivity index (χ0n) is 22.5. The highest BCUT2D eigenvalue weighted by Gasteiger charge is 2.12. The number of hydrogen-bond donors (Lipinski definition) is 3. The molecule has 0 heterocycles. The van der Waals surface area contributed by atoms with E-state index in [2.05, 4.69) is 4.52 Å². The van der Waals surface area contributed by atoms with Gasteiger partial charge in [-0.1, -0.05) is 154 Å². The van der Waals surface area contributed by atoms with E-state index >= 15 is 0 Å². The minimum atomic E-state index is -4.27. The highest BCUT2D eigenvalue weighted by Crippen LogP contribution is 2.35. The van der Waals surface area contributed by atoms with Gasteiger partial charge < -0.3 is 15.5 Å². The molecular formula is C28H60NO4P. The Balaban J connectivity index is 3.03. The molecule has 6 heteroatoms. The van der Waals surface area contributed by atoms with Gasteiger partial charge in [0.05, 0.1) is 6.61 Å². The lowest BCUT2D eigenvalue weighted by atomic mass is 10.0. The zero-order chi connectivity index (χ0) is 25.0. The van der Waals surface area contributed by atoms with Crippen molar-refractivity contribution in [2.45, 2.75) is 167 Å². The Morgan fingerprint density at radius 1 is 0.412 bits per heavy atom. The standard InChI is InChI=1S/C28H60NO4P/c29-27-25-23-21-19-17-15-13-11-9-7-5-3-1-2-4-6-8-10-12-14-16-18-20-22-24-26-28-33-34(30,31)32/h1-29H2,(H2,30,31,32).